The molecule has 1 aromatic carbocycles. The zero-order valence-electron chi connectivity index (χ0n) is 14.5. The van der Waals surface area contributed by atoms with Gasteiger partial charge in [0.15, 0.2) is 0 Å². The Hall–Kier alpha value is -0.780. The maximum absolute atomic E-state index is 2.49. The molecule has 0 nitrogen and oxygen atoms in total. The van der Waals surface area contributed by atoms with Gasteiger partial charge in [0.1, 0.15) is 0 Å². The smallest absolute Gasteiger partial charge is 0.0103 e. The summed E-state index contributed by atoms with van der Waals surface area (Å²) in [6.45, 7) is 20.9. The Morgan fingerprint density at radius 2 is 1.00 bits per heavy atom. The molecule has 19 heavy (non-hydrogen) atoms. The van der Waals surface area contributed by atoms with Gasteiger partial charge in [-0.25, -0.2) is 0 Å². The van der Waals surface area contributed by atoms with E-state index < -0.39 is 0 Å². The van der Waals surface area contributed by atoms with Gasteiger partial charge in [-0.05, 0) is 72.3 Å². The van der Waals surface area contributed by atoms with Gasteiger partial charge in [-0.3, -0.25) is 0 Å². The van der Waals surface area contributed by atoms with Gasteiger partial charge in [0.05, 0.1) is 0 Å². The van der Waals surface area contributed by atoms with Gasteiger partial charge >= 0.3 is 0 Å². The fourth-order valence-electron chi connectivity index (χ4n) is 2.83. The van der Waals surface area contributed by atoms with Gasteiger partial charge in [0.25, 0.3) is 0 Å². The minimum absolute atomic E-state index is 0.265. The molecule has 0 N–H and O–H groups in total. The van der Waals surface area contributed by atoms with Crippen LogP contribution in [-0.4, -0.2) is 0 Å². The van der Waals surface area contributed by atoms with Crippen LogP contribution in [0.2, 0.25) is 0 Å². The largest absolute Gasteiger partial charge is 0.0646 e. The first-order chi connectivity index (χ1) is 8.58. The van der Waals surface area contributed by atoms with Gasteiger partial charge < -0.3 is 0 Å². The molecule has 0 heterocycles. The van der Waals surface area contributed by atoms with Gasteiger partial charge in [-0.2, -0.15) is 0 Å². The highest BCUT2D eigenvalue weighted by molar-refractivity contribution is 5.49. The molecule has 0 aliphatic heterocycles. The van der Waals surface area contributed by atoms with Crippen LogP contribution < -0.4 is 0 Å². The van der Waals surface area contributed by atoms with E-state index in [2.05, 4.69) is 68.4 Å². The minimum Gasteiger partial charge on any atom is -0.0646 e. The molecule has 0 heteroatoms. The van der Waals surface area contributed by atoms with Crippen molar-refractivity contribution in [3.8, 4) is 0 Å². The van der Waals surface area contributed by atoms with Gasteiger partial charge in [-0.15, -0.1) is 0 Å². The highest BCUT2D eigenvalue weighted by Gasteiger charge is 2.27. The molecule has 0 aliphatic carbocycles. The lowest BCUT2D eigenvalue weighted by Crippen LogP contribution is -2.23. The van der Waals surface area contributed by atoms with Crippen LogP contribution in [0.1, 0.15) is 82.2 Å². The molecule has 0 aliphatic rings. The third kappa shape index (κ3) is 2.88. The zero-order valence-corrected chi connectivity index (χ0v) is 14.5. The van der Waals surface area contributed by atoms with Crippen molar-refractivity contribution in [1.29, 1.82) is 0 Å². The van der Waals surface area contributed by atoms with E-state index in [9.17, 15) is 0 Å². The zero-order chi connectivity index (χ0) is 15.0. The summed E-state index contributed by atoms with van der Waals surface area (Å²) in [5.41, 5.74) is 8.06. The summed E-state index contributed by atoms with van der Waals surface area (Å²) in [5, 5.41) is 0. The first kappa shape index (κ1) is 16.3. The summed E-state index contributed by atoms with van der Waals surface area (Å²) >= 11 is 0. The van der Waals surface area contributed by atoms with Gasteiger partial charge in [0, 0.05) is 0 Å². The first-order valence-corrected chi connectivity index (χ1v) is 7.70. The minimum atomic E-state index is 0.265. The highest BCUT2D eigenvalue weighted by atomic mass is 14.3. The van der Waals surface area contributed by atoms with Gasteiger partial charge in [0.2, 0.25) is 0 Å². The summed E-state index contributed by atoms with van der Waals surface area (Å²) < 4.78 is 0. The van der Waals surface area contributed by atoms with Crippen LogP contribution in [0.3, 0.4) is 0 Å². The average Bonchev–Trinajstić information content (AvgIpc) is 2.35. The molecule has 0 spiro atoms. The lowest BCUT2D eigenvalue weighted by molar-refractivity contribution is 0.484. The third-order valence-electron chi connectivity index (χ3n) is 5.45. The molecule has 0 radical (unpaired) electrons. The number of hydrogen-bond acceptors (Lipinski definition) is 0. The average molecular weight is 260 g/mol. The Bertz CT molecular complexity index is 421. The summed E-state index contributed by atoms with van der Waals surface area (Å²) in [6.07, 6.45) is 2.37. The maximum Gasteiger partial charge on any atom is -0.0103 e. The molecule has 1 aromatic rings. The maximum atomic E-state index is 2.49. The van der Waals surface area contributed by atoms with Crippen LogP contribution in [0.5, 0.6) is 0 Å². The summed E-state index contributed by atoms with van der Waals surface area (Å²) in [4.78, 5) is 0. The van der Waals surface area contributed by atoms with Crippen molar-refractivity contribution in [3.05, 3.63) is 33.9 Å². The monoisotopic (exact) mass is 260 g/mol. The number of hydrogen-bond donors (Lipinski definition) is 0. The summed E-state index contributed by atoms with van der Waals surface area (Å²) in [5.74, 6) is 0. The van der Waals surface area contributed by atoms with E-state index in [0.717, 1.165) is 0 Å². The lowest BCUT2D eigenvalue weighted by Gasteiger charge is -2.33. The van der Waals surface area contributed by atoms with Crippen molar-refractivity contribution in [2.45, 2.75) is 86.0 Å². The Morgan fingerprint density at radius 3 is 1.26 bits per heavy atom. The highest BCUT2D eigenvalue weighted by Crippen LogP contribution is 2.38. The molecule has 0 saturated carbocycles. The molecule has 0 aromatic heterocycles. The van der Waals surface area contributed by atoms with E-state index in [1.54, 1.807) is 0 Å². The fourth-order valence-corrected chi connectivity index (χ4v) is 2.83. The van der Waals surface area contributed by atoms with Crippen LogP contribution in [0.15, 0.2) is 6.07 Å². The quantitative estimate of drug-likeness (QED) is 0.624. The molecule has 1 rings (SSSR count). The molecule has 0 bridgehead atoms. The Morgan fingerprint density at radius 1 is 0.684 bits per heavy atom. The van der Waals surface area contributed by atoms with E-state index in [0.29, 0.717) is 0 Å². The SMILES string of the molecule is CCC(C)(C)c1cc(C(C)(C)CC)c(C)c(C)c1C. The van der Waals surface area contributed by atoms with Crippen molar-refractivity contribution in [2.75, 3.05) is 0 Å². The molecular weight excluding hydrogens is 228 g/mol. The van der Waals surface area contributed by atoms with Gasteiger partial charge in [-0.1, -0.05) is 47.6 Å². The van der Waals surface area contributed by atoms with E-state index >= 15 is 0 Å². The predicted molar refractivity (Wildman–Crippen MR) is 87.3 cm³/mol. The van der Waals surface area contributed by atoms with E-state index in [1.165, 1.54) is 40.7 Å². The van der Waals surface area contributed by atoms with Crippen LogP contribution in [0.25, 0.3) is 0 Å². The molecular formula is C19H32. The predicted octanol–water partition coefficient (Wildman–Crippen LogP) is 5.99. The topological polar surface area (TPSA) is 0 Å². The van der Waals surface area contributed by atoms with E-state index in [-0.39, 0.29) is 10.8 Å². The van der Waals surface area contributed by atoms with E-state index in [1.807, 2.05) is 0 Å². The standard InChI is InChI=1S/C19H32/c1-10-18(6,7)16-12-17(19(8,9)11-2)15(5)13(3)14(16)4/h12H,10-11H2,1-9H3. The number of benzene rings is 1. The van der Waals surface area contributed by atoms with E-state index in [4.69, 9.17) is 0 Å². The second-order valence-corrected chi connectivity index (χ2v) is 7.32. The Balaban J connectivity index is 3.62. The molecule has 0 unspecified atom stereocenters. The number of rotatable bonds is 4. The van der Waals surface area contributed by atoms with Crippen molar-refractivity contribution in [3.63, 3.8) is 0 Å². The van der Waals surface area contributed by atoms with Crippen molar-refractivity contribution in [2.24, 2.45) is 0 Å². The van der Waals surface area contributed by atoms with Crippen LogP contribution in [0, 0.1) is 20.8 Å². The van der Waals surface area contributed by atoms with Crippen LogP contribution in [0.4, 0.5) is 0 Å². The fraction of sp³-hybridized carbons (Fsp3) is 0.684. The molecule has 0 amide bonds. The Labute approximate surface area is 120 Å². The molecule has 0 atom stereocenters. The summed E-state index contributed by atoms with van der Waals surface area (Å²) in [7, 11) is 0. The second kappa shape index (κ2) is 5.31. The van der Waals surface area contributed by atoms with Crippen LogP contribution >= 0.6 is 0 Å². The molecule has 0 saturated heterocycles. The first-order valence-electron chi connectivity index (χ1n) is 7.70. The lowest BCUT2D eigenvalue weighted by atomic mass is 9.72. The normalized spacial score (nSPS) is 12.9. The summed E-state index contributed by atoms with van der Waals surface area (Å²) in [6, 6.07) is 2.49. The molecule has 0 fully saturated rings. The second-order valence-electron chi connectivity index (χ2n) is 7.32. The van der Waals surface area contributed by atoms with Crippen molar-refractivity contribution in [1.82, 2.24) is 0 Å². The Kier molecular flexibility index (Phi) is 4.55. The van der Waals surface area contributed by atoms with Crippen molar-refractivity contribution < 1.29 is 0 Å². The third-order valence-corrected chi connectivity index (χ3v) is 5.45. The van der Waals surface area contributed by atoms with Crippen LogP contribution in [-0.2, 0) is 10.8 Å². The molecule has 108 valence electrons. The van der Waals surface area contributed by atoms with Crippen molar-refractivity contribution >= 4 is 0 Å².